The van der Waals surface area contributed by atoms with Crippen molar-refractivity contribution in [3.05, 3.63) is 17.5 Å². The Morgan fingerprint density at radius 3 is 2.83 bits per heavy atom. The van der Waals surface area contributed by atoms with E-state index in [0.29, 0.717) is 6.54 Å². The van der Waals surface area contributed by atoms with Crippen molar-refractivity contribution in [2.45, 2.75) is 33.9 Å². The van der Waals surface area contributed by atoms with Crippen LogP contribution in [0.2, 0.25) is 0 Å². The molecule has 1 rings (SSSR count). The number of carbonyl (C=O) groups is 1. The van der Waals surface area contributed by atoms with Gasteiger partial charge in [0.1, 0.15) is 0 Å². The second-order valence-corrected chi connectivity index (χ2v) is 4.71. The third kappa shape index (κ3) is 3.84. The Balaban J connectivity index is 2.58. The number of hydrogen-bond acceptors (Lipinski definition) is 4. The van der Waals surface area contributed by atoms with E-state index in [1.54, 1.807) is 0 Å². The highest BCUT2D eigenvalue weighted by Gasteiger charge is 2.16. The zero-order valence-electron chi connectivity index (χ0n) is 11.9. The zero-order valence-corrected chi connectivity index (χ0v) is 11.9. The van der Waals surface area contributed by atoms with Crippen molar-refractivity contribution in [2.24, 2.45) is 5.92 Å². The minimum atomic E-state index is -0.165. The number of aromatic nitrogens is 2. The van der Waals surface area contributed by atoms with Gasteiger partial charge in [-0.05, 0) is 27.0 Å². The van der Waals surface area contributed by atoms with E-state index in [1.165, 1.54) is 12.8 Å². The molecule has 0 radical (unpaired) electrons. The monoisotopic (exact) mass is 253 g/mol. The summed E-state index contributed by atoms with van der Waals surface area (Å²) >= 11 is 0. The lowest BCUT2D eigenvalue weighted by Gasteiger charge is -2.20. The summed E-state index contributed by atoms with van der Waals surface area (Å²) in [5.41, 5.74) is 2.20. The first-order valence-electron chi connectivity index (χ1n) is 6.27. The molecule has 0 bridgehead atoms. The van der Waals surface area contributed by atoms with Gasteiger partial charge < -0.3 is 4.74 Å². The molecule has 0 N–H and O–H groups in total. The molecule has 1 atom stereocenters. The van der Waals surface area contributed by atoms with E-state index in [1.807, 2.05) is 25.6 Å². The fraction of sp³-hybridized carbons (Fsp3) is 0.692. The molecule has 5 heteroatoms. The Labute approximate surface area is 109 Å². The molecular weight excluding hydrogens is 230 g/mol. The Morgan fingerprint density at radius 1 is 1.61 bits per heavy atom. The summed E-state index contributed by atoms with van der Waals surface area (Å²) in [4.78, 5) is 13.5. The highest BCUT2D eigenvalue weighted by molar-refractivity contribution is 5.72. The van der Waals surface area contributed by atoms with Gasteiger partial charge in [0.2, 0.25) is 0 Å². The van der Waals surface area contributed by atoms with Crippen LogP contribution in [-0.2, 0) is 22.6 Å². The fourth-order valence-corrected chi connectivity index (χ4v) is 2.08. The quantitative estimate of drug-likeness (QED) is 0.720. The van der Waals surface area contributed by atoms with Crippen LogP contribution < -0.4 is 0 Å². The summed E-state index contributed by atoms with van der Waals surface area (Å²) in [6.07, 6.45) is 0. The van der Waals surface area contributed by atoms with Crippen molar-refractivity contribution >= 4 is 5.97 Å². The Kier molecular flexibility index (Phi) is 5.34. The predicted molar refractivity (Wildman–Crippen MR) is 70.2 cm³/mol. The molecular formula is C13H23N3O2. The van der Waals surface area contributed by atoms with Gasteiger partial charge in [0.15, 0.2) is 0 Å². The number of esters is 1. The van der Waals surface area contributed by atoms with Crippen molar-refractivity contribution in [1.29, 1.82) is 0 Å². The molecule has 0 saturated heterocycles. The summed E-state index contributed by atoms with van der Waals surface area (Å²) < 4.78 is 6.72. The minimum absolute atomic E-state index is 0.112. The van der Waals surface area contributed by atoms with Crippen molar-refractivity contribution in [2.75, 3.05) is 20.7 Å². The van der Waals surface area contributed by atoms with Crippen LogP contribution in [0.15, 0.2) is 6.07 Å². The molecule has 0 aliphatic rings. The number of methoxy groups -OCH3 is 1. The van der Waals surface area contributed by atoms with Gasteiger partial charge in [-0.2, -0.15) is 5.10 Å². The summed E-state index contributed by atoms with van der Waals surface area (Å²) in [6, 6.07) is 2.09. The van der Waals surface area contributed by atoms with E-state index < -0.39 is 0 Å². The molecule has 1 unspecified atom stereocenters. The van der Waals surface area contributed by atoms with Gasteiger partial charge >= 0.3 is 5.97 Å². The van der Waals surface area contributed by atoms with Crippen LogP contribution in [0.5, 0.6) is 0 Å². The van der Waals surface area contributed by atoms with Crippen LogP contribution in [-0.4, -0.2) is 41.4 Å². The maximum atomic E-state index is 11.4. The molecule has 0 aliphatic carbocycles. The minimum Gasteiger partial charge on any atom is -0.469 e. The van der Waals surface area contributed by atoms with Gasteiger partial charge in [-0.3, -0.25) is 14.4 Å². The highest BCUT2D eigenvalue weighted by Crippen LogP contribution is 2.09. The van der Waals surface area contributed by atoms with E-state index in [4.69, 9.17) is 4.74 Å². The first-order chi connectivity index (χ1) is 8.47. The predicted octanol–water partition coefficient (Wildman–Crippen LogP) is 1.45. The lowest BCUT2D eigenvalue weighted by Crippen LogP contribution is -2.29. The zero-order chi connectivity index (χ0) is 13.7. The first kappa shape index (κ1) is 14.7. The molecule has 0 fully saturated rings. The van der Waals surface area contributed by atoms with Crippen molar-refractivity contribution in [3.63, 3.8) is 0 Å². The Bertz CT molecular complexity index is 401. The van der Waals surface area contributed by atoms with Gasteiger partial charge in [0.05, 0.1) is 24.4 Å². The van der Waals surface area contributed by atoms with Gasteiger partial charge in [-0.15, -0.1) is 0 Å². The standard InChI is InChI=1S/C13H23N3O2/c1-6-16-12(7-11(3)14-16)9-15(4)8-10(2)13(17)18-5/h7,10H,6,8-9H2,1-5H3. The van der Waals surface area contributed by atoms with Crippen LogP contribution in [0, 0.1) is 12.8 Å². The lowest BCUT2D eigenvalue weighted by atomic mass is 10.1. The second-order valence-electron chi connectivity index (χ2n) is 4.71. The summed E-state index contributed by atoms with van der Waals surface area (Å²) in [6.45, 7) is 8.28. The maximum absolute atomic E-state index is 11.4. The number of hydrogen-bond donors (Lipinski definition) is 0. The van der Waals surface area contributed by atoms with Crippen molar-refractivity contribution < 1.29 is 9.53 Å². The Hall–Kier alpha value is -1.36. The molecule has 1 aromatic rings. The summed E-state index contributed by atoms with van der Waals surface area (Å²) in [5, 5.41) is 4.41. The van der Waals surface area contributed by atoms with E-state index in [9.17, 15) is 4.79 Å². The second kappa shape index (κ2) is 6.54. The van der Waals surface area contributed by atoms with Crippen LogP contribution in [0.1, 0.15) is 25.2 Å². The Morgan fingerprint density at radius 2 is 2.28 bits per heavy atom. The van der Waals surface area contributed by atoms with Crippen LogP contribution in [0.3, 0.4) is 0 Å². The largest absolute Gasteiger partial charge is 0.469 e. The summed E-state index contributed by atoms with van der Waals surface area (Å²) in [7, 11) is 3.43. The average Bonchev–Trinajstić information content (AvgIpc) is 2.67. The number of ether oxygens (including phenoxy) is 1. The van der Waals surface area contributed by atoms with Crippen molar-refractivity contribution in [3.8, 4) is 0 Å². The van der Waals surface area contributed by atoms with E-state index >= 15 is 0 Å². The molecule has 102 valence electrons. The van der Waals surface area contributed by atoms with E-state index in [2.05, 4.69) is 23.0 Å². The van der Waals surface area contributed by atoms with Crippen LogP contribution >= 0.6 is 0 Å². The third-order valence-electron chi connectivity index (χ3n) is 2.91. The molecule has 0 saturated carbocycles. The molecule has 0 spiro atoms. The molecule has 18 heavy (non-hydrogen) atoms. The van der Waals surface area contributed by atoms with Gasteiger partial charge in [0.25, 0.3) is 0 Å². The molecule has 0 amide bonds. The maximum Gasteiger partial charge on any atom is 0.309 e. The van der Waals surface area contributed by atoms with E-state index in [-0.39, 0.29) is 11.9 Å². The summed E-state index contributed by atoms with van der Waals surface area (Å²) in [5.74, 6) is -0.277. The molecule has 5 nitrogen and oxygen atoms in total. The average molecular weight is 253 g/mol. The number of carbonyl (C=O) groups excluding carboxylic acids is 1. The highest BCUT2D eigenvalue weighted by atomic mass is 16.5. The fourth-order valence-electron chi connectivity index (χ4n) is 2.08. The molecule has 0 aliphatic heterocycles. The normalized spacial score (nSPS) is 12.8. The SMILES string of the molecule is CCn1nc(C)cc1CN(C)CC(C)C(=O)OC. The molecule has 1 heterocycles. The van der Waals surface area contributed by atoms with E-state index in [0.717, 1.165) is 18.8 Å². The topological polar surface area (TPSA) is 47.4 Å². The first-order valence-corrected chi connectivity index (χ1v) is 6.27. The van der Waals surface area contributed by atoms with Crippen LogP contribution in [0.25, 0.3) is 0 Å². The number of rotatable bonds is 6. The van der Waals surface area contributed by atoms with Gasteiger partial charge in [-0.1, -0.05) is 6.92 Å². The van der Waals surface area contributed by atoms with Crippen molar-refractivity contribution in [1.82, 2.24) is 14.7 Å². The number of aryl methyl sites for hydroxylation is 2. The van der Waals surface area contributed by atoms with Crippen LogP contribution in [0.4, 0.5) is 0 Å². The third-order valence-corrected chi connectivity index (χ3v) is 2.91. The lowest BCUT2D eigenvalue weighted by molar-refractivity contribution is -0.145. The molecule has 1 aromatic heterocycles. The smallest absolute Gasteiger partial charge is 0.309 e. The van der Waals surface area contributed by atoms with Gasteiger partial charge in [0, 0.05) is 19.6 Å². The van der Waals surface area contributed by atoms with Gasteiger partial charge in [-0.25, -0.2) is 0 Å². The number of nitrogens with zero attached hydrogens (tertiary/aromatic N) is 3. The molecule has 0 aromatic carbocycles.